The number of esters is 2. The van der Waals surface area contributed by atoms with Crippen molar-refractivity contribution < 1.29 is 23.9 Å². The fourth-order valence-corrected chi connectivity index (χ4v) is 3.08. The van der Waals surface area contributed by atoms with Crippen molar-refractivity contribution in [2.75, 3.05) is 13.2 Å². The molecule has 0 heterocycles. The zero-order valence-electron chi connectivity index (χ0n) is 14.5. The summed E-state index contributed by atoms with van der Waals surface area (Å²) in [5, 5.41) is 0. The molecule has 0 radical (unpaired) electrons. The minimum Gasteiger partial charge on any atom is -0.465 e. The van der Waals surface area contributed by atoms with Crippen LogP contribution in [0.1, 0.15) is 44.6 Å². The zero-order valence-corrected chi connectivity index (χ0v) is 16.1. The number of hydrogen-bond donors (Lipinski definition) is 0. The van der Waals surface area contributed by atoms with Gasteiger partial charge >= 0.3 is 11.9 Å². The van der Waals surface area contributed by atoms with Gasteiger partial charge in [-0.3, -0.25) is 14.4 Å². The van der Waals surface area contributed by atoms with Crippen LogP contribution in [0.25, 0.3) is 0 Å². The van der Waals surface area contributed by atoms with Crippen LogP contribution in [0.2, 0.25) is 0 Å². The Labute approximate surface area is 156 Å². The van der Waals surface area contributed by atoms with Crippen LogP contribution >= 0.6 is 15.9 Å². The van der Waals surface area contributed by atoms with Crippen LogP contribution in [0.3, 0.4) is 0 Å². The molecule has 1 aliphatic carbocycles. The zero-order chi connectivity index (χ0) is 18.4. The van der Waals surface area contributed by atoms with Crippen LogP contribution in [-0.2, 0) is 23.9 Å². The Morgan fingerprint density at radius 1 is 1.04 bits per heavy atom. The molecule has 0 aliphatic heterocycles. The molecule has 0 spiro atoms. The van der Waals surface area contributed by atoms with E-state index in [9.17, 15) is 14.4 Å². The van der Waals surface area contributed by atoms with Gasteiger partial charge in [-0.2, -0.15) is 0 Å². The number of benzene rings is 1. The number of hydrogen-bond acceptors (Lipinski definition) is 5. The lowest BCUT2D eigenvalue weighted by molar-refractivity contribution is -0.162. The molecule has 1 saturated carbocycles. The van der Waals surface area contributed by atoms with Crippen LogP contribution in [0.5, 0.6) is 0 Å². The first-order valence-corrected chi connectivity index (χ1v) is 9.38. The maximum atomic E-state index is 12.5. The first-order valence-electron chi connectivity index (χ1n) is 8.59. The van der Waals surface area contributed by atoms with Gasteiger partial charge in [0, 0.05) is 22.7 Å². The molecule has 6 heteroatoms. The quantitative estimate of drug-likeness (QED) is 0.458. The van der Waals surface area contributed by atoms with Gasteiger partial charge in [0.2, 0.25) is 0 Å². The summed E-state index contributed by atoms with van der Waals surface area (Å²) in [7, 11) is 0. The first kappa shape index (κ1) is 19.6. The third-order valence-electron chi connectivity index (χ3n) is 4.24. The highest BCUT2D eigenvalue weighted by molar-refractivity contribution is 9.10. The Morgan fingerprint density at radius 3 is 2.00 bits per heavy atom. The van der Waals surface area contributed by atoms with Crippen molar-refractivity contribution in [3.8, 4) is 0 Å². The van der Waals surface area contributed by atoms with Gasteiger partial charge in [-0.25, -0.2) is 0 Å². The maximum Gasteiger partial charge on any atom is 0.320 e. The minimum atomic E-state index is -1.14. The summed E-state index contributed by atoms with van der Waals surface area (Å²) < 4.78 is 11.1. The SMILES string of the molecule is CCOC(=O)C(C(=O)OCC)C(CC(=O)C1CC1)c1ccc(Br)cc1. The number of ketones is 1. The minimum absolute atomic E-state index is 0.0583. The van der Waals surface area contributed by atoms with E-state index >= 15 is 0 Å². The predicted octanol–water partition coefficient (Wildman–Crippen LogP) is 3.64. The molecule has 136 valence electrons. The van der Waals surface area contributed by atoms with Gasteiger partial charge in [0.25, 0.3) is 0 Å². The second-order valence-corrected chi connectivity index (χ2v) is 7.00. The lowest BCUT2D eigenvalue weighted by atomic mass is 9.81. The van der Waals surface area contributed by atoms with E-state index in [1.807, 2.05) is 24.3 Å². The third kappa shape index (κ3) is 5.39. The van der Waals surface area contributed by atoms with Gasteiger partial charge in [-0.05, 0) is 44.4 Å². The predicted molar refractivity (Wildman–Crippen MR) is 96.0 cm³/mol. The van der Waals surface area contributed by atoms with Crippen LogP contribution in [0, 0.1) is 11.8 Å². The van der Waals surface area contributed by atoms with Crippen LogP contribution in [-0.4, -0.2) is 30.9 Å². The highest BCUT2D eigenvalue weighted by Gasteiger charge is 2.41. The Hall–Kier alpha value is -1.69. The van der Waals surface area contributed by atoms with Crippen molar-refractivity contribution in [2.24, 2.45) is 11.8 Å². The monoisotopic (exact) mass is 410 g/mol. The molecule has 25 heavy (non-hydrogen) atoms. The molecule has 0 N–H and O–H groups in total. The third-order valence-corrected chi connectivity index (χ3v) is 4.76. The van der Waals surface area contributed by atoms with E-state index in [4.69, 9.17) is 9.47 Å². The van der Waals surface area contributed by atoms with E-state index in [1.54, 1.807) is 13.8 Å². The highest BCUT2D eigenvalue weighted by Crippen LogP contribution is 2.37. The summed E-state index contributed by atoms with van der Waals surface area (Å²) in [5.41, 5.74) is 0.753. The molecule has 0 aromatic heterocycles. The first-order chi connectivity index (χ1) is 12.0. The average Bonchev–Trinajstić information content (AvgIpc) is 3.40. The molecule has 1 unspecified atom stereocenters. The molecule has 1 aromatic rings. The number of rotatable bonds is 9. The van der Waals surface area contributed by atoms with E-state index in [0.29, 0.717) is 0 Å². The van der Waals surface area contributed by atoms with Crippen LogP contribution in [0.4, 0.5) is 0 Å². The number of carbonyl (C=O) groups is 3. The van der Waals surface area contributed by atoms with Crippen molar-refractivity contribution in [2.45, 2.75) is 39.0 Å². The fraction of sp³-hybridized carbons (Fsp3) is 0.526. The van der Waals surface area contributed by atoms with Gasteiger partial charge < -0.3 is 9.47 Å². The van der Waals surface area contributed by atoms with Crippen LogP contribution in [0.15, 0.2) is 28.7 Å². The summed E-state index contributed by atoms with van der Waals surface area (Å²) in [6.45, 7) is 3.70. The Kier molecular flexibility index (Phi) is 7.17. The molecule has 0 saturated heterocycles. The number of Topliss-reactive ketones (excluding diaryl/α,β-unsaturated/α-hetero) is 1. The summed E-state index contributed by atoms with van der Waals surface area (Å²) in [6, 6.07) is 7.30. The highest BCUT2D eigenvalue weighted by atomic mass is 79.9. The summed E-state index contributed by atoms with van der Waals surface area (Å²) >= 11 is 3.37. The Morgan fingerprint density at radius 2 is 1.56 bits per heavy atom. The molecule has 1 aliphatic rings. The van der Waals surface area contributed by atoms with Crippen molar-refractivity contribution in [1.82, 2.24) is 0 Å². The fourth-order valence-electron chi connectivity index (χ4n) is 2.82. The van der Waals surface area contributed by atoms with Crippen molar-refractivity contribution in [1.29, 1.82) is 0 Å². The van der Waals surface area contributed by atoms with Crippen molar-refractivity contribution in [3.05, 3.63) is 34.3 Å². The molecular formula is C19H23BrO5. The van der Waals surface area contributed by atoms with E-state index in [-0.39, 0.29) is 31.3 Å². The maximum absolute atomic E-state index is 12.5. The van der Waals surface area contributed by atoms with Crippen molar-refractivity contribution >= 4 is 33.7 Å². The molecule has 1 aromatic carbocycles. The molecular weight excluding hydrogens is 388 g/mol. The van der Waals surface area contributed by atoms with E-state index < -0.39 is 23.8 Å². The normalized spacial score (nSPS) is 14.9. The molecule has 2 rings (SSSR count). The summed E-state index contributed by atoms with van der Waals surface area (Å²) in [5.74, 6) is -2.85. The summed E-state index contributed by atoms with van der Waals surface area (Å²) in [4.78, 5) is 37.3. The van der Waals surface area contributed by atoms with Crippen LogP contribution < -0.4 is 0 Å². The van der Waals surface area contributed by atoms with E-state index in [1.165, 1.54) is 0 Å². The van der Waals surface area contributed by atoms with Gasteiger partial charge in [0.05, 0.1) is 13.2 Å². The summed E-state index contributed by atoms with van der Waals surface area (Å²) in [6.07, 6.45) is 1.90. The standard InChI is InChI=1S/C19H23BrO5/c1-3-24-18(22)17(19(23)25-4-2)15(11-16(21)13-5-6-13)12-7-9-14(20)10-8-12/h7-10,13,15,17H,3-6,11H2,1-2H3. The lowest BCUT2D eigenvalue weighted by Gasteiger charge is -2.24. The van der Waals surface area contributed by atoms with Gasteiger partial charge in [0.1, 0.15) is 5.78 Å². The lowest BCUT2D eigenvalue weighted by Crippen LogP contribution is -2.34. The molecule has 0 amide bonds. The number of ether oxygens (including phenoxy) is 2. The van der Waals surface area contributed by atoms with E-state index in [2.05, 4.69) is 15.9 Å². The van der Waals surface area contributed by atoms with E-state index in [0.717, 1.165) is 22.9 Å². The number of halogens is 1. The Bertz CT molecular complexity index is 603. The van der Waals surface area contributed by atoms with Gasteiger partial charge in [0.15, 0.2) is 5.92 Å². The molecule has 5 nitrogen and oxygen atoms in total. The second kappa shape index (κ2) is 9.13. The molecule has 0 bridgehead atoms. The van der Waals surface area contributed by atoms with Gasteiger partial charge in [-0.1, -0.05) is 28.1 Å². The number of carbonyl (C=O) groups excluding carboxylic acids is 3. The largest absolute Gasteiger partial charge is 0.465 e. The topological polar surface area (TPSA) is 69.7 Å². The van der Waals surface area contributed by atoms with Gasteiger partial charge in [-0.15, -0.1) is 0 Å². The second-order valence-electron chi connectivity index (χ2n) is 6.08. The Balaban J connectivity index is 2.35. The average molecular weight is 411 g/mol. The van der Waals surface area contributed by atoms with Crippen molar-refractivity contribution in [3.63, 3.8) is 0 Å². The smallest absolute Gasteiger partial charge is 0.320 e. The molecule has 1 atom stereocenters. The molecule has 1 fully saturated rings.